The largest absolute Gasteiger partial charge is 0.489 e. The van der Waals surface area contributed by atoms with E-state index in [1.165, 1.54) is 64.1 Å². The fourth-order valence-corrected chi connectivity index (χ4v) is 16.9. The summed E-state index contributed by atoms with van der Waals surface area (Å²) in [7, 11) is -15.0. The van der Waals surface area contributed by atoms with Crippen LogP contribution in [0.25, 0.3) is 0 Å². The number of benzene rings is 3. The van der Waals surface area contributed by atoms with Crippen molar-refractivity contribution >= 4 is 168 Å². The van der Waals surface area contributed by atoms with Crippen LogP contribution in [0.15, 0.2) is 119 Å². The van der Waals surface area contributed by atoms with E-state index in [1.807, 2.05) is 0 Å². The zero-order valence-corrected chi connectivity index (χ0v) is 76.2. The Morgan fingerprint density at radius 2 is 0.644 bits per heavy atom. The van der Waals surface area contributed by atoms with Crippen molar-refractivity contribution in [1.29, 1.82) is 0 Å². The Morgan fingerprint density at radius 1 is 0.409 bits per heavy atom. The number of anilines is 3. The number of oxime groups is 3. The summed E-state index contributed by atoms with van der Waals surface area (Å²) in [5.74, 6) is -10.3. The normalized spacial score (nSPS) is 19.8. The van der Waals surface area contributed by atoms with E-state index in [0.29, 0.717) is 66.6 Å². The summed E-state index contributed by atoms with van der Waals surface area (Å²) in [5.41, 5.74) is 32.3. The highest BCUT2D eigenvalue weighted by atomic mass is 32.3. The first kappa shape index (κ1) is 102. The number of ether oxygens (including phenoxy) is 3. The minimum atomic E-state index is -4.98. The number of thiazole rings is 3. The molecule has 3 aromatic carbocycles. The number of rotatable bonds is 42. The van der Waals surface area contributed by atoms with Crippen LogP contribution >= 0.6 is 34.0 Å². The number of hydroxylamine groups is 6. The van der Waals surface area contributed by atoms with Crippen LogP contribution in [0.4, 0.5) is 15.4 Å². The van der Waals surface area contributed by atoms with Gasteiger partial charge in [0.1, 0.15) is 71.7 Å². The van der Waals surface area contributed by atoms with Gasteiger partial charge < -0.3 is 78.4 Å². The number of carboxylic acids is 3. The van der Waals surface area contributed by atoms with Gasteiger partial charge in [-0.3, -0.25) is 57.4 Å². The number of amidine groups is 3. The van der Waals surface area contributed by atoms with Gasteiger partial charge in [0.25, 0.3) is 36.0 Å². The number of carbonyl (C=O) groups is 9. The fourth-order valence-electron chi connectivity index (χ4n) is 13.9. The number of aromatic nitrogens is 3. The zero-order valence-electron chi connectivity index (χ0n) is 71.3. The summed E-state index contributed by atoms with van der Waals surface area (Å²) in [6.45, 7) is 7.08. The Labute approximate surface area is 766 Å². The molecule has 54 heteroatoms. The molecule has 0 bridgehead atoms. The molecule has 3 amide bonds. The molecule has 0 spiro atoms. The van der Waals surface area contributed by atoms with E-state index in [9.17, 15) is 83.7 Å². The summed E-state index contributed by atoms with van der Waals surface area (Å²) in [6, 6.07) is 20.5. The van der Waals surface area contributed by atoms with E-state index in [1.54, 1.807) is 72.8 Å². The van der Waals surface area contributed by atoms with Crippen LogP contribution in [-0.4, -0.2) is 245 Å². The number of aliphatic imine (C=N–C) groups is 3. The molecule has 6 heterocycles. The number of β-lactam (4-membered cyclic amide) rings is 3. The molecular formula is C78H96N18O30S6. The third-order valence-corrected chi connectivity index (χ3v) is 24.7. The average Bonchev–Trinajstić information content (AvgIpc) is 1.32. The topological polar surface area (TPSA) is 739 Å². The van der Waals surface area contributed by atoms with Gasteiger partial charge in [0.2, 0.25) is 0 Å². The van der Waals surface area contributed by atoms with Gasteiger partial charge in [-0.1, -0.05) is 47.6 Å². The second-order valence-corrected chi connectivity index (χ2v) is 37.8. The number of hydrogen-bond acceptors (Lipinski definition) is 39. The lowest BCUT2D eigenvalue weighted by Gasteiger charge is -2.50. The standard InChI is InChI=1S/C27H34N6O10S2.C26H32N6O10S2.C25H30N6O10S2/c1-27(2)18(24(35)33(27)43-45(38,39)40)12-20(34)22(19-14-44-26(29)31-19)32-42-21(25(36)37)13-41-17-10-8-15(9-11-17)23(28)30-16-6-4-3-5-7-16;1-26(2)17(23(34)32(26)42-44(37,38)39)11-19(33)21(18-13-43-25(28)30-18)31-41-20(24(35)36)12-40-16-9-7-14(8-10-16)22(27)29-15-5-3-4-6-15;1-25(2)16(22(33)31(25)41-43(36,37)38)10-18(32)20(17-12-42-24(27)29-17)30-40-19(23(34)35)11-39-15-8-6-13(7-9-15)21(26)28-14-4-3-5-14/h8-11,14,16,18,21H,3-7,12-13H2,1-2H3,(H2,28,30)(H2,29,31)(H,36,37)(H,38,39,40);7-10,13,15,17,20H,3-6,11-12H2,1-2H3,(H2,27,29)(H2,28,30)(H,35,36)(H,37,38,39);6-9,12,14,16,19H,3-5,10-11H2,1-2H3,(H2,26,28)(H2,27,29)(H,34,35)(H,36,37,38)/b32-22-;31-21-;30-20-/t18-,21+;17-,20+;16-,19+/m111/s1. The van der Waals surface area contributed by atoms with Crippen LogP contribution in [-0.2, 0) is 102 Å². The third kappa shape index (κ3) is 27.2. The van der Waals surface area contributed by atoms with E-state index in [4.69, 9.17) is 76.8 Å². The van der Waals surface area contributed by atoms with Crippen LogP contribution < -0.4 is 48.6 Å². The van der Waals surface area contributed by atoms with E-state index >= 15 is 0 Å². The highest BCUT2D eigenvalue weighted by Gasteiger charge is 2.60. The minimum Gasteiger partial charge on any atom is -0.489 e. The fraction of sp³-hybridized carbons (Fsp3) is 0.462. The third-order valence-electron chi connectivity index (χ3n) is 21.6. The van der Waals surface area contributed by atoms with Crippen molar-refractivity contribution in [2.45, 2.75) is 191 Å². The van der Waals surface area contributed by atoms with E-state index in [-0.39, 0.29) is 50.6 Å². The van der Waals surface area contributed by atoms with Gasteiger partial charge in [-0.25, -0.2) is 29.3 Å². The van der Waals surface area contributed by atoms with E-state index in [2.05, 4.69) is 58.2 Å². The number of nitrogens with two attached hydrogens (primary N) is 6. The van der Waals surface area contributed by atoms with Crippen molar-refractivity contribution in [3.63, 3.8) is 0 Å². The predicted molar refractivity (Wildman–Crippen MR) is 471 cm³/mol. The van der Waals surface area contributed by atoms with Gasteiger partial charge in [-0.2, -0.15) is 40.4 Å². The molecule has 3 saturated carbocycles. The average molecular weight is 1960 g/mol. The first-order chi connectivity index (χ1) is 62.0. The Hall–Kier alpha value is -12.4. The zero-order chi connectivity index (χ0) is 96.7. The molecule has 3 aliphatic carbocycles. The van der Waals surface area contributed by atoms with Crippen LogP contribution in [0.3, 0.4) is 0 Å². The molecule has 132 heavy (non-hydrogen) atoms. The maximum Gasteiger partial charge on any atom is 0.418 e. The molecule has 0 radical (unpaired) electrons. The molecule has 12 rings (SSSR count). The van der Waals surface area contributed by atoms with E-state index < -0.39 is 193 Å². The van der Waals surface area contributed by atoms with Crippen LogP contribution in [0.1, 0.15) is 172 Å². The quantitative estimate of drug-likeness (QED) is 0.00814. The second kappa shape index (κ2) is 43.3. The molecule has 6 aliphatic rings. The molecule has 6 fully saturated rings. The van der Waals surface area contributed by atoms with Crippen molar-refractivity contribution < 1.29 is 139 Å². The Kier molecular flexibility index (Phi) is 33.4. The monoisotopic (exact) mass is 1960 g/mol. The Bertz CT molecular complexity index is 5810. The van der Waals surface area contributed by atoms with Crippen molar-refractivity contribution in [2.24, 2.45) is 65.4 Å². The van der Waals surface area contributed by atoms with Gasteiger partial charge in [0.15, 0.2) is 49.9 Å². The second-order valence-electron chi connectivity index (χ2n) is 32.1. The van der Waals surface area contributed by atoms with Gasteiger partial charge in [0, 0.05) is 52.1 Å². The Morgan fingerprint density at radius 3 is 0.841 bits per heavy atom. The van der Waals surface area contributed by atoms with Gasteiger partial charge in [-0.05, 0) is 159 Å². The summed E-state index contributed by atoms with van der Waals surface area (Å²) in [4.78, 5) is 154. The summed E-state index contributed by atoms with van der Waals surface area (Å²) in [6.07, 6.45) is 6.45. The number of carbonyl (C=O) groups excluding carboxylic acids is 6. The lowest BCUT2D eigenvalue weighted by molar-refractivity contribution is -0.228. The predicted octanol–water partition coefficient (Wildman–Crippen LogP) is 4.67. The van der Waals surface area contributed by atoms with Crippen LogP contribution in [0.2, 0.25) is 0 Å². The highest BCUT2D eigenvalue weighted by Crippen LogP contribution is 2.44. The first-order valence-corrected chi connectivity index (χ1v) is 47.1. The van der Waals surface area contributed by atoms with Crippen molar-refractivity contribution in [1.82, 2.24) is 30.1 Å². The van der Waals surface area contributed by atoms with Crippen molar-refractivity contribution in [3.05, 3.63) is 123 Å². The van der Waals surface area contributed by atoms with Crippen molar-refractivity contribution in [3.8, 4) is 17.2 Å². The highest BCUT2D eigenvalue weighted by molar-refractivity contribution is 7.81. The molecule has 6 atom stereocenters. The number of Topliss-reactive ketones (excluding diaryl/α,β-unsaturated/α-hetero) is 3. The number of hydrogen-bond donors (Lipinski definition) is 12. The number of nitrogens with zero attached hydrogens (tertiary/aromatic N) is 12. The van der Waals surface area contributed by atoms with Crippen LogP contribution in [0.5, 0.6) is 17.2 Å². The lowest BCUT2D eigenvalue weighted by atomic mass is 9.74. The summed E-state index contributed by atoms with van der Waals surface area (Å²) >= 11 is 2.96. The molecule has 18 N–H and O–H groups in total. The number of carboxylic acid groups (broad SMARTS) is 3. The number of nitrogen functional groups attached to an aromatic ring is 3. The van der Waals surface area contributed by atoms with Crippen molar-refractivity contribution in [2.75, 3.05) is 37.0 Å². The summed E-state index contributed by atoms with van der Waals surface area (Å²) < 4.78 is 123. The molecule has 0 unspecified atom stereocenters. The summed E-state index contributed by atoms with van der Waals surface area (Å²) in [5, 5.41) is 46.1. The number of amides is 3. The van der Waals surface area contributed by atoms with Gasteiger partial charge in [0.05, 0.1) is 52.5 Å². The first-order valence-electron chi connectivity index (χ1n) is 40.3. The molecule has 3 saturated heterocycles. The maximum absolute atomic E-state index is 13.3. The number of aliphatic carboxylic acids is 3. The molecule has 714 valence electrons. The molecule has 48 nitrogen and oxygen atoms in total. The SMILES string of the molecule is CC1(C)[C@H](CC(=O)/C(=N\O[C@@H](COc2ccc(C(N)=NC3CCC3)cc2)C(=O)O)c2csc(N)n2)C(=O)N1OS(=O)(=O)O.CC1(C)[C@H](CC(=O)/C(=N\O[C@@H](COc2ccc(C(N)=NC3CCCC3)cc2)C(=O)O)c2csc(N)n2)C(=O)N1OS(=O)(=O)O.CC1(C)[C@H](CC(=O)/C(=N\O[C@@H](COc2ccc(C(N)=NC3CCCCC3)cc2)C(=O)O)c2csc(N)n2)C(=O)N1OS(=O)(=O)O. The van der Waals surface area contributed by atoms with Crippen LogP contribution in [0, 0.1) is 17.8 Å². The molecule has 3 aromatic heterocycles. The molecule has 6 aromatic rings. The lowest BCUT2D eigenvalue weighted by Crippen LogP contribution is -2.68. The van der Waals surface area contributed by atoms with Gasteiger partial charge >= 0.3 is 49.1 Å². The Balaban J connectivity index is 0.000000205. The minimum absolute atomic E-state index is 0.0220. The smallest absolute Gasteiger partial charge is 0.418 e. The van der Waals surface area contributed by atoms with Gasteiger partial charge in [-0.15, -0.1) is 46.9 Å². The maximum atomic E-state index is 13.3. The molecule has 3 aliphatic heterocycles. The molecular weight excluding hydrogens is 1860 g/mol. The van der Waals surface area contributed by atoms with E-state index in [0.717, 1.165) is 105 Å². The number of ketones is 3.